The fraction of sp³-hybridized carbons (Fsp3) is 0.100. The van der Waals surface area contributed by atoms with Gasteiger partial charge in [0.25, 0.3) is 0 Å². The van der Waals surface area contributed by atoms with E-state index in [1.807, 2.05) is 22.9 Å². The Morgan fingerprint density at radius 3 is 3.12 bits per heavy atom. The summed E-state index contributed by atoms with van der Waals surface area (Å²) in [6.45, 7) is 1.98. The van der Waals surface area contributed by atoms with Gasteiger partial charge in [-0.15, -0.1) is 11.3 Å². The topological polar surface area (TPSA) is 63.0 Å². The highest BCUT2D eigenvalue weighted by Crippen LogP contribution is 2.23. The molecule has 0 saturated heterocycles. The predicted molar refractivity (Wildman–Crippen MR) is 60.8 cm³/mol. The zero-order chi connectivity index (χ0) is 11.1. The van der Waals surface area contributed by atoms with Crippen LogP contribution >= 0.6 is 11.3 Å². The van der Waals surface area contributed by atoms with E-state index >= 15 is 0 Å². The van der Waals surface area contributed by atoms with Crippen LogP contribution < -0.4 is 0 Å². The molecule has 0 amide bonds. The number of hydrogen-bond donors (Lipinski definition) is 1. The fourth-order valence-electron chi connectivity index (χ4n) is 1.64. The SMILES string of the molecule is Cc1c(-c2ncc(C=O)[nH]2)nc2sccn12. The summed E-state index contributed by atoms with van der Waals surface area (Å²) in [5.74, 6) is 0.635. The maximum Gasteiger partial charge on any atom is 0.194 e. The lowest BCUT2D eigenvalue weighted by molar-refractivity contribution is 0.111. The van der Waals surface area contributed by atoms with Gasteiger partial charge in [-0.05, 0) is 6.92 Å². The van der Waals surface area contributed by atoms with Gasteiger partial charge in [0.2, 0.25) is 0 Å². The second kappa shape index (κ2) is 3.28. The van der Waals surface area contributed by atoms with Gasteiger partial charge >= 0.3 is 0 Å². The summed E-state index contributed by atoms with van der Waals surface area (Å²) >= 11 is 1.57. The van der Waals surface area contributed by atoms with Gasteiger partial charge < -0.3 is 4.98 Å². The zero-order valence-electron chi connectivity index (χ0n) is 8.47. The van der Waals surface area contributed by atoms with Crippen LogP contribution in [0.2, 0.25) is 0 Å². The second-order valence-corrected chi connectivity index (χ2v) is 4.28. The van der Waals surface area contributed by atoms with Crippen molar-refractivity contribution in [1.82, 2.24) is 19.4 Å². The van der Waals surface area contributed by atoms with E-state index < -0.39 is 0 Å². The molecule has 80 valence electrons. The molecule has 0 aliphatic heterocycles. The first-order valence-corrected chi connectivity index (χ1v) is 5.60. The molecule has 5 nitrogen and oxygen atoms in total. The number of carbonyl (C=O) groups is 1. The summed E-state index contributed by atoms with van der Waals surface area (Å²) in [5, 5.41) is 1.98. The molecule has 0 aromatic carbocycles. The van der Waals surface area contributed by atoms with Crippen molar-refractivity contribution in [3.05, 3.63) is 29.2 Å². The summed E-state index contributed by atoms with van der Waals surface area (Å²) in [5.41, 5.74) is 2.27. The molecule has 16 heavy (non-hydrogen) atoms. The van der Waals surface area contributed by atoms with E-state index in [2.05, 4.69) is 15.0 Å². The summed E-state index contributed by atoms with van der Waals surface area (Å²) < 4.78 is 2.00. The number of hydrogen-bond acceptors (Lipinski definition) is 4. The molecule has 0 aliphatic carbocycles. The highest BCUT2D eigenvalue weighted by Gasteiger charge is 2.13. The number of nitrogens with zero attached hydrogens (tertiary/aromatic N) is 3. The summed E-state index contributed by atoms with van der Waals surface area (Å²) in [4.78, 5) is 23.0. The lowest BCUT2D eigenvalue weighted by atomic mass is 10.3. The van der Waals surface area contributed by atoms with Gasteiger partial charge in [0.05, 0.1) is 17.6 Å². The highest BCUT2D eigenvalue weighted by molar-refractivity contribution is 7.15. The monoisotopic (exact) mass is 232 g/mol. The van der Waals surface area contributed by atoms with Crippen molar-refractivity contribution < 1.29 is 4.79 Å². The first-order chi connectivity index (χ1) is 7.79. The third-order valence-corrected chi connectivity index (χ3v) is 3.20. The number of carbonyl (C=O) groups excluding carboxylic acids is 1. The fourth-order valence-corrected chi connectivity index (χ4v) is 2.40. The lowest BCUT2D eigenvalue weighted by Gasteiger charge is -1.92. The Labute approximate surface area is 94.8 Å². The van der Waals surface area contributed by atoms with Crippen molar-refractivity contribution in [3.8, 4) is 11.5 Å². The Morgan fingerprint density at radius 1 is 1.56 bits per heavy atom. The molecule has 3 aromatic heterocycles. The van der Waals surface area contributed by atoms with Gasteiger partial charge in [-0.25, -0.2) is 9.97 Å². The number of H-pyrrole nitrogens is 1. The van der Waals surface area contributed by atoms with Gasteiger partial charge in [0, 0.05) is 11.6 Å². The molecule has 0 fully saturated rings. The minimum absolute atomic E-state index is 0.464. The molecule has 3 rings (SSSR count). The van der Waals surface area contributed by atoms with Gasteiger partial charge in [-0.2, -0.15) is 0 Å². The van der Waals surface area contributed by atoms with E-state index in [4.69, 9.17) is 0 Å². The van der Waals surface area contributed by atoms with Gasteiger partial charge in [-0.1, -0.05) is 0 Å². The Kier molecular flexibility index (Phi) is 1.90. The lowest BCUT2D eigenvalue weighted by Crippen LogP contribution is -1.86. The maximum absolute atomic E-state index is 10.6. The van der Waals surface area contributed by atoms with Gasteiger partial charge in [0.1, 0.15) is 5.69 Å². The van der Waals surface area contributed by atoms with E-state index in [1.165, 1.54) is 6.20 Å². The number of thiazole rings is 1. The molecule has 6 heteroatoms. The van der Waals surface area contributed by atoms with Crippen LogP contribution in [-0.2, 0) is 0 Å². The smallest absolute Gasteiger partial charge is 0.194 e. The van der Waals surface area contributed by atoms with Crippen molar-refractivity contribution in [2.24, 2.45) is 0 Å². The third-order valence-electron chi connectivity index (χ3n) is 2.45. The van der Waals surface area contributed by atoms with Crippen LogP contribution in [0.1, 0.15) is 16.2 Å². The molecular formula is C10H8N4OS. The standard InChI is InChI=1S/C10H8N4OS/c1-6-8(9-11-4-7(5-15)12-9)13-10-14(6)2-3-16-10/h2-5H,1H3,(H,11,12). The molecule has 0 radical (unpaired) electrons. The van der Waals surface area contributed by atoms with Crippen LogP contribution in [0.5, 0.6) is 0 Å². The molecular weight excluding hydrogens is 224 g/mol. The molecule has 0 bridgehead atoms. The van der Waals surface area contributed by atoms with Crippen LogP contribution in [0.3, 0.4) is 0 Å². The third kappa shape index (κ3) is 1.20. The Hall–Kier alpha value is -1.95. The summed E-state index contributed by atoms with van der Waals surface area (Å²) in [7, 11) is 0. The van der Waals surface area contributed by atoms with Crippen LogP contribution in [0.15, 0.2) is 17.8 Å². The second-order valence-electron chi connectivity index (χ2n) is 3.41. The van der Waals surface area contributed by atoms with Gasteiger partial charge in [-0.3, -0.25) is 9.20 Å². The van der Waals surface area contributed by atoms with Crippen LogP contribution in [0.25, 0.3) is 16.5 Å². The number of rotatable bonds is 2. The number of fused-ring (bicyclic) bond motifs is 1. The largest absolute Gasteiger partial charge is 0.334 e. The van der Waals surface area contributed by atoms with Crippen molar-refractivity contribution in [2.75, 3.05) is 0 Å². The maximum atomic E-state index is 10.6. The first kappa shape index (κ1) is 9.29. The number of nitrogens with one attached hydrogen (secondary N) is 1. The van der Waals surface area contributed by atoms with Crippen molar-refractivity contribution in [3.63, 3.8) is 0 Å². The van der Waals surface area contributed by atoms with E-state index in [-0.39, 0.29) is 0 Å². The van der Waals surface area contributed by atoms with Crippen LogP contribution in [0.4, 0.5) is 0 Å². The van der Waals surface area contributed by atoms with Gasteiger partial charge in [0.15, 0.2) is 17.1 Å². The highest BCUT2D eigenvalue weighted by atomic mass is 32.1. The normalized spacial score (nSPS) is 11.1. The summed E-state index contributed by atoms with van der Waals surface area (Å²) in [6, 6.07) is 0. The van der Waals surface area contributed by atoms with Crippen LogP contribution in [-0.4, -0.2) is 25.6 Å². The minimum atomic E-state index is 0.464. The quantitative estimate of drug-likeness (QED) is 0.686. The Balaban J connectivity index is 2.21. The van der Waals surface area contributed by atoms with E-state index in [0.29, 0.717) is 11.5 Å². The van der Waals surface area contributed by atoms with Crippen molar-refractivity contribution in [2.45, 2.75) is 6.92 Å². The Bertz CT molecular complexity index is 663. The molecule has 0 unspecified atom stereocenters. The molecule has 0 spiro atoms. The first-order valence-electron chi connectivity index (χ1n) is 4.72. The van der Waals surface area contributed by atoms with Crippen LogP contribution in [0, 0.1) is 6.92 Å². The van der Waals surface area contributed by atoms with E-state index in [0.717, 1.165) is 22.6 Å². The number of imidazole rings is 2. The number of aromatic amines is 1. The zero-order valence-corrected chi connectivity index (χ0v) is 9.28. The molecule has 3 heterocycles. The Morgan fingerprint density at radius 2 is 2.44 bits per heavy atom. The number of aryl methyl sites for hydroxylation is 1. The number of aromatic nitrogens is 4. The molecule has 0 aliphatic rings. The number of aldehydes is 1. The minimum Gasteiger partial charge on any atom is -0.334 e. The molecule has 0 atom stereocenters. The molecule has 0 saturated carbocycles. The predicted octanol–water partition coefficient (Wildman–Crippen LogP) is 1.91. The van der Waals surface area contributed by atoms with Crippen molar-refractivity contribution in [1.29, 1.82) is 0 Å². The van der Waals surface area contributed by atoms with Crippen molar-refractivity contribution >= 4 is 22.6 Å². The summed E-state index contributed by atoms with van der Waals surface area (Å²) in [6.07, 6.45) is 4.22. The van der Waals surface area contributed by atoms with E-state index in [1.54, 1.807) is 11.3 Å². The molecule has 1 N–H and O–H groups in total. The average Bonchev–Trinajstić information content (AvgIpc) is 2.96. The average molecular weight is 232 g/mol. The van der Waals surface area contributed by atoms with E-state index in [9.17, 15) is 4.79 Å². The molecule has 3 aromatic rings.